The molecule has 3 aromatic rings. The molecule has 1 saturated heterocycles. The van der Waals surface area contributed by atoms with Gasteiger partial charge in [0.25, 0.3) is 0 Å². The third kappa shape index (κ3) is 6.19. The van der Waals surface area contributed by atoms with Gasteiger partial charge < -0.3 is 15.1 Å². The molecule has 0 aromatic carbocycles. The zero-order valence-corrected chi connectivity index (χ0v) is 20.4. The Kier molecular flexibility index (Phi) is 9.13. The molecule has 4 heterocycles. The molecule has 1 fully saturated rings. The van der Waals surface area contributed by atoms with Crippen LogP contribution in [0.1, 0.15) is 43.8 Å². The number of hydrogen-bond donors (Lipinski definition) is 2. The molecule has 1 unspecified atom stereocenters. The van der Waals surface area contributed by atoms with Crippen molar-refractivity contribution in [1.82, 2.24) is 30.1 Å². The number of aromatic nitrogens is 3. The second-order valence-corrected chi connectivity index (χ2v) is 7.57. The molecule has 9 heteroatoms. The first-order valence-electron chi connectivity index (χ1n) is 10.9. The number of aliphatic imine (C=N–C) groups is 1. The molecule has 1 aliphatic heterocycles. The van der Waals surface area contributed by atoms with Crippen molar-refractivity contribution in [3.05, 3.63) is 54.4 Å². The Morgan fingerprint density at radius 1 is 1.13 bits per heavy atom. The molecule has 0 bridgehead atoms. The summed E-state index contributed by atoms with van der Waals surface area (Å²) in [6.07, 6.45) is 8.31. The van der Waals surface area contributed by atoms with Gasteiger partial charge in [0.05, 0.1) is 18.8 Å². The quantitative estimate of drug-likeness (QED) is 0.261. The summed E-state index contributed by atoms with van der Waals surface area (Å²) in [6.45, 7) is 6.50. The first-order valence-corrected chi connectivity index (χ1v) is 10.9. The zero-order valence-electron chi connectivity index (χ0n) is 18.0. The summed E-state index contributed by atoms with van der Waals surface area (Å²) < 4.78 is 7.77. The molecule has 0 saturated carbocycles. The highest BCUT2D eigenvalue weighted by atomic mass is 127. The molecule has 2 N–H and O–H groups in total. The van der Waals surface area contributed by atoms with Gasteiger partial charge in [0.15, 0.2) is 11.6 Å². The normalized spacial score (nSPS) is 16.1. The van der Waals surface area contributed by atoms with Crippen molar-refractivity contribution in [1.29, 1.82) is 0 Å². The first-order chi connectivity index (χ1) is 14.8. The number of fused-ring (bicyclic) bond motifs is 1. The summed E-state index contributed by atoms with van der Waals surface area (Å²) in [5.41, 5.74) is 0.871. The lowest BCUT2D eigenvalue weighted by Gasteiger charge is -2.32. The van der Waals surface area contributed by atoms with E-state index in [0.29, 0.717) is 6.54 Å². The molecule has 4 rings (SSSR count). The van der Waals surface area contributed by atoms with E-state index in [1.54, 1.807) is 6.26 Å². The van der Waals surface area contributed by atoms with Gasteiger partial charge in [-0.1, -0.05) is 12.5 Å². The average Bonchev–Trinajstić information content (AvgIpc) is 3.45. The standard InChI is InChI=1S/C22H31N7O.HI/c1-2-23-22(24-12-11-21-27-26-20-10-4-7-15-29(20)21)25-17-18(19-9-8-16-30-19)28-13-5-3-6-14-28;/h4,7-10,15-16,18H,2-3,5-6,11-14,17H2,1H3,(H2,23,24,25);1H. The fraction of sp³-hybridized carbons (Fsp3) is 0.500. The average molecular weight is 537 g/mol. The Morgan fingerprint density at radius 3 is 2.77 bits per heavy atom. The molecular weight excluding hydrogens is 505 g/mol. The van der Waals surface area contributed by atoms with E-state index in [9.17, 15) is 0 Å². The number of likely N-dealkylation sites (tertiary alicyclic amines) is 1. The summed E-state index contributed by atoms with van der Waals surface area (Å²) in [4.78, 5) is 7.37. The van der Waals surface area contributed by atoms with Crippen LogP contribution in [0.5, 0.6) is 0 Å². The van der Waals surface area contributed by atoms with Gasteiger partial charge in [0.2, 0.25) is 0 Å². The second-order valence-electron chi connectivity index (χ2n) is 7.57. The van der Waals surface area contributed by atoms with Crippen LogP contribution in [0.2, 0.25) is 0 Å². The molecule has 3 aromatic heterocycles. The van der Waals surface area contributed by atoms with Crippen LogP contribution in [0.4, 0.5) is 0 Å². The van der Waals surface area contributed by atoms with Crippen LogP contribution in [0.25, 0.3) is 5.65 Å². The number of pyridine rings is 1. The van der Waals surface area contributed by atoms with Crippen LogP contribution >= 0.6 is 24.0 Å². The summed E-state index contributed by atoms with van der Waals surface area (Å²) in [5.74, 6) is 2.75. The van der Waals surface area contributed by atoms with Crippen LogP contribution in [-0.4, -0.2) is 58.2 Å². The van der Waals surface area contributed by atoms with Crippen molar-refractivity contribution in [2.45, 2.75) is 38.6 Å². The van der Waals surface area contributed by atoms with Gasteiger partial charge in [-0.2, -0.15) is 0 Å². The van der Waals surface area contributed by atoms with Crippen molar-refractivity contribution in [3.63, 3.8) is 0 Å². The fourth-order valence-corrected chi connectivity index (χ4v) is 3.97. The molecule has 0 radical (unpaired) electrons. The number of nitrogens with one attached hydrogen (secondary N) is 2. The summed E-state index contributed by atoms with van der Waals surface area (Å²) in [5, 5.41) is 15.3. The largest absolute Gasteiger partial charge is 0.468 e. The van der Waals surface area contributed by atoms with Crippen LogP contribution in [0.15, 0.2) is 52.2 Å². The summed E-state index contributed by atoms with van der Waals surface area (Å²) in [6, 6.07) is 10.1. The van der Waals surface area contributed by atoms with E-state index >= 15 is 0 Å². The fourth-order valence-electron chi connectivity index (χ4n) is 3.97. The maximum atomic E-state index is 5.74. The Hall–Kier alpha value is -2.14. The Balaban J connectivity index is 0.00000272. The van der Waals surface area contributed by atoms with E-state index in [1.165, 1.54) is 19.3 Å². The van der Waals surface area contributed by atoms with Crippen molar-refractivity contribution < 1.29 is 4.42 Å². The van der Waals surface area contributed by atoms with Gasteiger partial charge in [-0.15, -0.1) is 34.2 Å². The number of halogens is 1. The molecule has 168 valence electrons. The number of rotatable bonds is 8. The first kappa shape index (κ1) is 23.5. The summed E-state index contributed by atoms with van der Waals surface area (Å²) in [7, 11) is 0. The maximum Gasteiger partial charge on any atom is 0.191 e. The highest BCUT2D eigenvalue weighted by molar-refractivity contribution is 14.0. The number of piperidine rings is 1. The third-order valence-electron chi connectivity index (χ3n) is 5.49. The second kappa shape index (κ2) is 12.0. The molecule has 8 nitrogen and oxygen atoms in total. The lowest BCUT2D eigenvalue weighted by molar-refractivity contribution is 0.150. The molecule has 1 aliphatic rings. The van der Waals surface area contributed by atoms with Crippen LogP contribution in [0.3, 0.4) is 0 Å². The van der Waals surface area contributed by atoms with Crippen molar-refractivity contribution in [2.24, 2.45) is 4.99 Å². The van der Waals surface area contributed by atoms with Crippen molar-refractivity contribution in [2.75, 3.05) is 32.7 Å². The van der Waals surface area contributed by atoms with E-state index in [0.717, 1.165) is 55.8 Å². The monoisotopic (exact) mass is 537 g/mol. The van der Waals surface area contributed by atoms with Crippen molar-refractivity contribution >= 4 is 35.6 Å². The van der Waals surface area contributed by atoms with E-state index in [2.05, 4.69) is 38.7 Å². The Labute approximate surface area is 200 Å². The molecular formula is C22H32IN7O. The van der Waals surface area contributed by atoms with Crippen LogP contribution < -0.4 is 10.6 Å². The minimum absolute atomic E-state index is 0. The van der Waals surface area contributed by atoms with Gasteiger partial charge in [-0.25, -0.2) is 0 Å². The Bertz CT molecular complexity index is 934. The third-order valence-corrected chi connectivity index (χ3v) is 5.49. The highest BCUT2D eigenvalue weighted by Crippen LogP contribution is 2.25. The topological polar surface area (TPSA) is 83.0 Å². The van der Waals surface area contributed by atoms with Crippen molar-refractivity contribution in [3.8, 4) is 0 Å². The van der Waals surface area contributed by atoms with Crippen LogP contribution in [-0.2, 0) is 6.42 Å². The molecule has 0 amide bonds. The Morgan fingerprint density at radius 2 is 2.00 bits per heavy atom. The lowest BCUT2D eigenvalue weighted by atomic mass is 10.1. The minimum Gasteiger partial charge on any atom is -0.468 e. The molecule has 0 aliphatic carbocycles. The van der Waals surface area contributed by atoms with E-state index in [1.807, 2.05) is 34.9 Å². The van der Waals surface area contributed by atoms with Gasteiger partial charge >= 0.3 is 0 Å². The van der Waals surface area contributed by atoms with Gasteiger partial charge in [0.1, 0.15) is 11.6 Å². The van der Waals surface area contributed by atoms with Gasteiger partial charge in [-0.3, -0.25) is 14.3 Å². The van der Waals surface area contributed by atoms with Crippen LogP contribution in [0, 0.1) is 0 Å². The summed E-state index contributed by atoms with van der Waals surface area (Å²) >= 11 is 0. The van der Waals surface area contributed by atoms with E-state index < -0.39 is 0 Å². The number of nitrogens with zero attached hydrogens (tertiary/aromatic N) is 5. The molecule has 0 spiro atoms. The minimum atomic E-state index is 0. The smallest absolute Gasteiger partial charge is 0.191 e. The maximum absolute atomic E-state index is 5.74. The SMILES string of the molecule is CCNC(=NCC(c1ccco1)N1CCCCC1)NCCc1nnc2ccccn12.I. The zero-order chi connectivity index (χ0) is 20.6. The predicted octanol–water partition coefficient (Wildman–Crippen LogP) is 3.27. The molecule has 31 heavy (non-hydrogen) atoms. The van der Waals surface area contributed by atoms with Gasteiger partial charge in [-0.05, 0) is 57.1 Å². The van der Waals surface area contributed by atoms with E-state index in [4.69, 9.17) is 9.41 Å². The predicted molar refractivity (Wildman–Crippen MR) is 133 cm³/mol. The number of furan rings is 1. The molecule has 1 atom stereocenters. The highest BCUT2D eigenvalue weighted by Gasteiger charge is 2.24. The number of guanidine groups is 1. The van der Waals surface area contributed by atoms with E-state index in [-0.39, 0.29) is 30.0 Å². The van der Waals surface area contributed by atoms with Gasteiger partial charge in [0, 0.05) is 25.7 Å². The lowest BCUT2D eigenvalue weighted by Crippen LogP contribution is -2.40. The number of hydrogen-bond acceptors (Lipinski definition) is 5.